The Morgan fingerprint density at radius 1 is 1.37 bits per heavy atom. The second kappa shape index (κ2) is 5.02. The van der Waals surface area contributed by atoms with Gasteiger partial charge in [0, 0.05) is 6.20 Å². The summed E-state index contributed by atoms with van der Waals surface area (Å²) >= 11 is 0. The molecule has 2 N–H and O–H groups in total. The Hall–Kier alpha value is -1.87. The number of alkyl halides is 5. The number of pyridine rings is 1. The average Bonchev–Trinajstić information content (AvgIpc) is 2.25. The summed E-state index contributed by atoms with van der Waals surface area (Å²) in [7, 11) is 5.23. The third kappa shape index (κ3) is 3.55. The molecule has 0 spiro atoms. The van der Waals surface area contributed by atoms with Crippen molar-refractivity contribution < 1.29 is 31.9 Å². The quantitative estimate of drug-likeness (QED) is 0.642. The van der Waals surface area contributed by atoms with E-state index in [1.807, 2.05) is 0 Å². The molecule has 2 radical (unpaired) electrons. The first-order valence-electron chi connectivity index (χ1n) is 4.72. The molecule has 0 aromatic carbocycles. The van der Waals surface area contributed by atoms with Crippen LogP contribution in [-0.4, -0.2) is 42.5 Å². The molecule has 1 aromatic rings. The molecular formula is C9H6BF5N2O2. The van der Waals surface area contributed by atoms with Crippen LogP contribution in [0.15, 0.2) is 12.3 Å². The third-order valence-electron chi connectivity index (χ3n) is 2.03. The number of rotatable bonds is 4. The van der Waals surface area contributed by atoms with Crippen LogP contribution in [0.4, 0.5) is 27.8 Å². The molecule has 0 saturated carbocycles. The minimum Gasteiger partial charge on any atom is -0.478 e. The number of hydrogen-bond donors (Lipinski definition) is 2. The highest BCUT2D eigenvalue weighted by molar-refractivity contribution is 6.32. The van der Waals surface area contributed by atoms with E-state index >= 15 is 0 Å². The molecule has 0 atom stereocenters. The highest BCUT2D eigenvalue weighted by atomic mass is 19.4. The second-order valence-electron chi connectivity index (χ2n) is 3.53. The predicted molar refractivity (Wildman–Crippen MR) is 56.1 cm³/mol. The van der Waals surface area contributed by atoms with Gasteiger partial charge in [-0.15, -0.1) is 0 Å². The molecule has 0 aliphatic carbocycles. The number of halogens is 5. The number of nitrogens with zero attached hydrogens (tertiary/aromatic N) is 1. The molecular weight excluding hydrogens is 274 g/mol. The van der Waals surface area contributed by atoms with Crippen LogP contribution < -0.4 is 10.8 Å². The van der Waals surface area contributed by atoms with E-state index in [1.165, 1.54) is 0 Å². The fourth-order valence-electron chi connectivity index (χ4n) is 1.08. The summed E-state index contributed by atoms with van der Waals surface area (Å²) in [6, 6.07) is 0.892. The summed E-state index contributed by atoms with van der Waals surface area (Å²) in [5.74, 6) is -7.19. The van der Waals surface area contributed by atoms with Crippen molar-refractivity contribution in [2.24, 2.45) is 0 Å². The first kappa shape index (κ1) is 15.2. The summed E-state index contributed by atoms with van der Waals surface area (Å²) in [6.45, 7) is -1.83. The Bertz CT molecular complexity index is 492. The van der Waals surface area contributed by atoms with E-state index in [0.29, 0.717) is 0 Å². The standard InChI is InChI=1S/C9H6BF5N2O2/c10-4-1-5(7(18)19)6(16-2-4)17-3-8(11,12)9(13,14)15/h1-2H,3H2,(H,16,17)(H,18,19). The number of aromatic nitrogens is 1. The fourth-order valence-corrected chi connectivity index (χ4v) is 1.08. The molecule has 1 aromatic heterocycles. The highest BCUT2D eigenvalue weighted by Crippen LogP contribution is 2.35. The van der Waals surface area contributed by atoms with Crippen LogP contribution in [0.3, 0.4) is 0 Å². The van der Waals surface area contributed by atoms with Crippen LogP contribution in [-0.2, 0) is 0 Å². The number of carboxylic acids is 1. The molecule has 4 nitrogen and oxygen atoms in total. The number of anilines is 1. The van der Waals surface area contributed by atoms with Gasteiger partial charge in [-0.2, -0.15) is 22.0 Å². The fraction of sp³-hybridized carbons (Fsp3) is 0.333. The molecule has 0 saturated heterocycles. The lowest BCUT2D eigenvalue weighted by Gasteiger charge is -2.20. The molecule has 0 fully saturated rings. The monoisotopic (exact) mass is 280 g/mol. The van der Waals surface area contributed by atoms with Crippen LogP contribution in [0.2, 0.25) is 0 Å². The maximum Gasteiger partial charge on any atom is 0.455 e. The normalized spacial score (nSPS) is 12.3. The van der Waals surface area contributed by atoms with E-state index in [0.717, 1.165) is 12.3 Å². The molecule has 0 amide bonds. The minimum atomic E-state index is -5.74. The van der Waals surface area contributed by atoms with Crippen molar-refractivity contribution in [1.82, 2.24) is 4.98 Å². The van der Waals surface area contributed by atoms with E-state index in [9.17, 15) is 26.7 Å². The van der Waals surface area contributed by atoms with Crippen LogP contribution in [0.5, 0.6) is 0 Å². The van der Waals surface area contributed by atoms with Crippen molar-refractivity contribution in [2.45, 2.75) is 12.1 Å². The molecule has 0 unspecified atom stereocenters. The van der Waals surface area contributed by atoms with Gasteiger partial charge in [0.05, 0.1) is 6.54 Å². The summed E-state index contributed by atoms with van der Waals surface area (Å²) in [5, 5.41) is 10.4. The van der Waals surface area contributed by atoms with Gasteiger partial charge in [-0.05, 0) is 6.07 Å². The number of aromatic carboxylic acids is 1. The van der Waals surface area contributed by atoms with Gasteiger partial charge in [-0.3, -0.25) is 0 Å². The van der Waals surface area contributed by atoms with Crippen LogP contribution in [0.1, 0.15) is 10.4 Å². The zero-order valence-corrected chi connectivity index (χ0v) is 9.13. The lowest BCUT2D eigenvalue weighted by atomic mass is 9.97. The van der Waals surface area contributed by atoms with Gasteiger partial charge in [-0.25, -0.2) is 9.78 Å². The molecule has 0 aliphatic rings. The predicted octanol–water partition coefficient (Wildman–Crippen LogP) is 1.18. The van der Waals surface area contributed by atoms with E-state index < -0.39 is 36.0 Å². The molecule has 1 heterocycles. The SMILES string of the molecule is [B]c1cnc(NCC(F)(F)C(F)(F)F)c(C(=O)O)c1. The maximum atomic E-state index is 12.6. The van der Waals surface area contributed by atoms with Gasteiger partial charge in [0.25, 0.3) is 0 Å². The van der Waals surface area contributed by atoms with Gasteiger partial charge < -0.3 is 10.4 Å². The van der Waals surface area contributed by atoms with Gasteiger partial charge in [0.15, 0.2) is 0 Å². The molecule has 102 valence electrons. The first-order valence-corrected chi connectivity index (χ1v) is 4.72. The molecule has 19 heavy (non-hydrogen) atoms. The van der Waals surface area contributed by atoms with Crippen molar-refractivity contribution in [3.63, 3.8) is 0 Å². The zero-order valence-electron chi connectivity index (χ0n) is 9.13. The smallest absolute Gasteiger partial charge is 0.455 e. The lowest BCUT2D eigenvalue weighted by molar-refractivity contribution is -0.275. The van der Waals surface area contributed by atoms with Crippen molar-refractivity contribution in [1.29, 1.82) is 0 Å². The first-order chi connectivity index (χ1) is 8.54. The maximum absolute atomic E-state index is 12.6. The van der Waals surface area contributed by atoms with Crippen LogP contribution in [0, 0.1) is 0 Å². The minimum absolute atomic E-state index is 0.0643. The van der Waals surface area contributed by atoms with Crippen molar-refractivity contribution in [3.8, 4) is 0 Å². The van der Waals surface area contributed by atoms with Gasteiger partial charge in [0.2, 0.25) is 0 Å². The van der Waals surface area contributed by atoms with E-state index in [4.69, 9.17) is 13.0 Å². The number of carbonyl (C=O) groups is 1. The average molecular weight is 280 g/mol. The van der Waals surface area contributed by atoms with E-state index in [-0.39, 0.29) is 5.46 Å². The lowest BCUT2D eigenvalue weighted by Crippen LogP contribution is -2.42. The Balaban J connectivity index is 2.93. The van der Waals surface area contributed by atoms with Crippen molar-refractivity contribution in [2.75, 3.05) is 11.9 Å². The number of nitrogens with one attached hydrogen (secondary N) is 1. The molecule has 0 bridgehead atoms. The van der Waals surface area contributed by atoms with Gasteiger partial charge >= 0.3 is 18.1 Å². The van der Waals surface area contributed by atoms with Crippen LogP contribution in [0.25, 0.3) is 0 Å². The summed E-state index contributed by atoms with van der Waals surface area (Å²) < 4.78 is 61.0. The van der Waals surface area contributed by atoms with Crippen molar-refractivity contribution in [3.05, 3.63) is 17.8 Å². The Morgan fingerprint density at radius 3 is 2.42 bits per heavy atom. The largest absolute Gasteiger partial charge is 0.478 e. The number of hydrogen-bond acceptors (Lipinski definition) is 3. The zero-order chi connectivity index (χ0) is 14.8. The molecule has 10 heteroatoms. The Kier molecular flexibility index (Phi) is 4.01. The van der Waals surface area contributed by atoms with E-state index in [1.54, 1.807) is 5.32 Å². The number of carboxylic acid groups (broad SMARTS) is 1. The van der Waals surface area contributed by atoms with Crippen molar-refractivity contribution >= 4 is 25.1 Å². The molecule has 0 aliphatic heterocycles. The topological polar surface area (TPSA) is 62.2 Å². The second-order valence-corrected chi connectivity index (χ2v) is 3.53. The summed E-state index contributed by atoms with van der Waals surface area (Å²) in [6.07, 6.45) is -4.81. The van der Waals surface area contributed by atoms with E-state index in [2.05, 4.69) is 4.98 Å². The summed E-state index contributed by atoms with van der Waals surface area (Å²) in [4.78, 5) is 14.1. The Morgan fingerprint density at radius 2 is 1.95 bits per heavy atom. The van der Waals surface area contributed by atoms with Gasteiger partial charge in [0.1, 0.15) is 19.2 Å². The third-order valence-corrected chi connectivity index (χ3v) is 2.03. The van der Waals surface area contributed by atoms with Crippen LogP contribution >= 0.6 is 0 Å². The summed E-state index contributed by atoms with van der Waals surface area (Å²) in [5.41, 5.74) is -0.663. The van der Waals surface area contributed by atoms with Gasteiger partial charge in [-0.1, -0.05) is 5.46 Å². The highest BCUT2D eigenvalue weighted by Gasteiger charge is 2.57. The Labute approximate surface area is 105 Å². The molecule has 1 rings (SSSR count).